The lowest BCUT2D eigenvalue weighted by molar-refractivity contribution is -0.132. The Balaban J connectivity index is 1.88. The summed E-state index contributed by atoms with van der Waals surface area (Å²) in [5.41, 5.74) is 3.88. The van der Waals surface area contributed by atoms with Crippen LogP contribution in [0.5, 0.6) is 5.75 Å². The maximum absolute atomic E-state index is 13.4. The van der Waals surface area contributed by atoms with E-state index in [2.05, 4.69) is 29.8 Å². The molecule has 1 aliphatic rings. The molecule has 0 saturated carbocycles. The highest BCUT2D eigenvalue weighted by Gasteiger charge is 2.47. The number of hydrogen-bond acceptors (Lipinski definition) is 4. The van der Waals surface area contributed by atoms with Crippen LogP contribution < -0.4 is 9.64 Å². The van der Waals surface area contributed by atoms with Gasteiger partial charge in [0.2, 0.25) is 0 Å². The molecular formula is C30H30BrNO4. The van der Waals surface area contributed by atoms with Gasteiger partial charge in [0.1, 0.15) is 11.5 Å². The van der Waals surface area contributed by atoms with E-state index in [1.807, 2.05) is 75.4 Å². The second kappa shape index (κ2) is 10.3. The van der Waals surface area contributed by atoms with Gasteiger partial charge in [-0.3, -0.25) is 14.5 Å². The number of carbonyl (C=O) groups excluding carboxylic acids is 2. The van der Waals surface area contributed by atoms with Crippen LogP contribution in [0.1, 0.15) is 61.9 Å². The van der Waals surface area contributed by atoms with Crippen LogP contribution in [0.3, 0.4) is 0 Å². The molecule has 1 N–H and O–H groups in total. The second-order valence-corrected chi connectivity index (χ2v) is 10.5. The highest BCUT2D eigenvalue weighted by Crippen LogP contribution is 2.43. The number of benzene rings is 3. The van der Waals surface area contributed by atoms with Crippen molar-refractivity contribution in [3.8, 4) is 5.75 Å². The zero-order valence-corrected chi connectivity index (χ0v) is 22.7. The summed E-state index contributed by atoms with van der Waals surface area (Å²) >= 11 is 3.47. The van der Waals surface area contributed by atoms with E-state index in [9.17, 15) is 14.7 Å². The van der Waals surface area contributed by atoms with Crippen LogP contribution >= 0.6 is 15.9 Å². The summed E-state index contributed by atoms with van der Waals surface area (Å²) in [6.07, 6.45) is 0.0154. The van der Waals surface area contributed by atoms with Crippen LogP contribution in [-0.2, 0) is 9.59 Å². The summed E-state index contributed by atoms with van der Waals surface area (Å²) < 4.78 is 6.67. The Kier molecular flexibility index (Phi) is 7.36. The summed E-state index contributed by atoms with van der Waals surface area (Å²) in [7, 11) is 0. The predicted molar refractivity (Wildman–Crippen MR) is 146 cm³/mol. The van der Waals surface area contributed by atoms with Gasteiger partial charge in [-0.25, -0.2) is 0 Å². The monoisotopic (exact) mass is 547 g/mol. The van der Waals surface area contributed by atoms with Crippen LogP contribution in [-0.4, -0.2) is 22.9 Å². The molecule has 0 aromatic heterocycles. The number of aliphatic hydroxyl groups is 1. The summed E-state index contributed by atoms with van der Waals surface area (Å²) in [6, 6.07) is 19.5. The van der Waals surface area contributed by atoms with E-state index >= 15 is 0 Å². The molecule has 186 valence electrons. The van der Waals surface area contributed by atoms with Crippen molar-refractivity contribution in [1.29, 1.82) is 0 Å². The largest absolute Gasteiger partial charge is 0.507 e. The molecule has 4 rings (SSSR count). The molecule has 1 atom stereocenters. The van der Waals surface area contributed by atoms with Crippen molar-refractivity contribution in [2.75, 3.05) is 4.90 Å². The van der Waals surface area contributed by atoms with Crippen molar-refractivity contribution in [2.45, 2.75) is 52.7 Å². The fourth-order valence-corrected chi connectivity index (χ4v) is 4.63. The van der Waals surface area contributed by atoms with Crippen molar-refractivity contribution < 1.29 is 19.4 Å². The number of amides is 1. The number of rotatable bonds is 6. The first kappa shape index (κ1) is 25.7. The summed E-state index contributed by atoms with van der Waals surface area (Å²) in [5.74, 6) is -0.559. The van der Waals surface area contributed by atoms with Gasteiger partial charge in [-0.05, 0) is 79.8 Å². The smallest absolute Gasteiger partial charge is 0.300 e. The van der Waals surface area contributed by atoms with Crippen molar-refractivity contribution in [1.82, 2.24) is 0 Å². The third-order valence-electron chi connectivity index (χ3n) is 6.28. The van der Waals surface area contributed by atoms with Crippen LogP contribution in [0.15, 0.2) is 76.8 Å². The van der Waals surface area contributed by atoms with Gasteiger partial charge in [0.25, 0.3) is 11.7 Å². The number of Topliss-reactive ketones (excluding diaryl/α,β-unsaturated/α-hetero) is 1. The lowest BCUT2D eigenvalue weighted by Gasteiger charge is -2.26. The Morgan fingerprint density at radius 2 is 1.58 bits per heavy atom. The SMILES string of the molecule is Cc1cc(/C(O)=C2/C(=O)C(=O)N(c3ccc(C(C)C)cc3)C2c2ccc(OC(C)C)cc2)ccc1Br. The highest BCUT2D eigenvalue weighted by molar-refractivity contribution is 9.10. The van der Waals surface area contributed by atoms with E-state index in [1.54, 1.807) is 12.1 Å². The topological polar surface area (TPSA) is 66.8 Å². The minimum Gasteiger partial charge on any atom is -0.507 e. The molecule has 1 aliphatic heterocycles. The standard InChI is InChI=1S/C30H30BrNO4/c1-17(2)20-6-11-23(12-7-20)32-27(21-8-13-24(14-9-21)36-18(3)4)26(29(34)30(32)35)28(33)22-10-15-25(31)19(5)16-22/h6-18,27,33H,1-5H3/b28-26-. The Bertz CT molecular complexity index is 1320. The number of anilines is 1. The van der Waals surface area contributed by atoms with Gasteiger partial charge in [0.05, 0.1) is 17.7 Å². The fourth-order valence-electron chi connectivity index (χ4n) is 4.38. The maximum atomic E-state index is 13.4. The molecule has 0 radical (unpaired) electrons. The molecule has 1 fully saturated rings. The number of nitrogens with zero attached hydrogens (tertiary/aromatic N) is 1. The first-order valence-electron chi connectivity index (χ1n) is 12.0. The minimum atomic E-state index is -0.785. The molecule has 1 unspecified atom stereocenters. The highest BCUT2D eigenvalue weighted by atomic mass is 79.9. The van der Waals surface area contributed by atoms with Crippen molar-refractivity contribution >= 4 is 39.1 Å². The Morgan fingerprint density at radius 1 is 0.944 bits per heavy atom. The Morgan fingerprint density at radius 3 is 2.14 bits per heavy atom. The molecule has 6 heteroatoms. The number of hydrogen-bond donors (Lipinski definition) is 1. The fraction of sp³-hybridized carbons (Fsp3) is 0.267. The Hall–Kier alpha value is -3.38. The second-order valence-electron chi connectivity index (χ2n) is 9.61. The molecule has 1 heterocycles. The van der Waals surface area contributed by atoms with Crippen LogP contribution in [0.4, 0.5) is 5.69 Å². The van der Waals surface area contributed by atoms with Crippen LogP contribution in [0, 0.1) is 6.92 Å². The predicted octanol–water partition coefficient (Wildman–Crippen LogP) is 7.29. The number of halogens is 1. The van der Waals surface area contributed by atoms with Crippen molar-refractivity contribution in [3.63, 3.8) is 0 Å². The number of ketones is 1. The van der Waals surface area contributed by atoms with E-state index in [0.717, 1.165) is 15.6 Å². The van der Waals surface area contributed by atoms with Gasteiger partial charge in [-0.15, -0.1) is 0 Å². The molecule has 36 heavy (non-hydrogen) atoms. The average Bonchev–Trinajstić information content (AvgIpc) is 3.11. The third-order valence-corrected chi connectivity index (χ3v) is 7.17. The molecule has 0 aliphatic carbocycles. The van der Waals surface area contributed by atoms with Gasteiger partial charge in [0, 0.05) is 15.7 Å². The zero-order chi connectivity index (χ0) is 26.1. The van der Waals surface area contributed by atoms with Crippen molar-refractivity contribution in [3.05, 3.63) is 99.0 Å². The van der Waals surface area contributed by atoms with Crippen LogP contribution in [0.2, 0.25) is 0 Å². The first-order chi connectivity index (χ1) is 17.1. The van der Waals surface area contributed by atoms with E-state index < -0.39 is 17.7 Å². The minimum absolute atomic E-state index is 0.0154. The number of aryl methyl sites for hydroxylation is 1. The van der Waals surface area contributed by atoms with Crippen molar-refractivity contribution in [2.24, 2.45) is 0 Å². The van der Waals surface area contributed by atoms with Gasteiger partial charge in [-0.2, -0.15) is 0 Å². The molecule has 3 aromatic rings. The lowest BCUT2D eigenvalue weighted by atomic mass is 9.94. The van der Waals surface area contributed by atoms with Gasteiger partial charge < -0.3 is 9.84 Å². The molecule has 1 saturated heterocycles. The normalized spacial score (nSPS) is 17.3. The average molecular weight is 548 g/mol. The first-order valence-corrected chi connectivity index (χ1v) is 12.8. The van der Waals surface area contributed by atoms with E-state index in [4.69, 9.17) is 4.74 Å². The quantitative estimate of drug-likeness (QED) is 0.200. The summed E-state index contributed by atoms with van der Waals surface area (Å²) in [5, 5.41) is 11.4. The van der Waals surface area contributed by atoms with Gasteiger partial charge >= 0.3 is 0 Å². The molecule has 5 nitrogen and oxygen atoms in total. The molecular weight excluding hydrogens is 518 g/mol. The zero-order valence-electron chi connectivity index (χ0n) is 21.1. The number of aliphatic hydroxyl groups excluding tert-OH is 1. The van der Waals surface area contributed by atoms with Crippen LogP contribution in [0.25, 0.3) is 5.76 Å². The molecule has 3 aromatic carbocycles. The van der Waals surface area contributed by atoms with E-state index in [0.29, 0.717) is 28.5 Å². The van der Waals surface area contributed by atoms with Gasteiger partial charge in [0.15, 0.2) is 0 Å². The maximum Gasteiger partial charge on any atom is 0.300 e. The lowest BCUT2D eigenvalue weighted by Crippen LogP contribution is -2.29. The summed E-state index contributed by atoms with van der Waals surface area (Å²) in [4.78, 5) is 28.2. The number of ether oxygens (including phenoxy) is 1. The Labute approximate surface area is 220 Å². The number of carbonyl (C=O) groups is 2. The third kappa shape index (κ3) is 4.96. The molecule has 0 bridgehead atoms. The van der Waals surface area contributed by atoms with E-state index in [-0.39, 0.29) is 17.4 Å². The summed E-state index contributed by atoms with van der Waals surface area (Å²) in [6.45, 7) is 10.00. The van der Waals surface area contributed by atoms with Gasteiger partial charge in [-0.1, -0.05) is 60.1 Å². The molecule has 0 spiro atoms. The van der Waals surface area contributed by atoms with E-state index in [1.165, 1.54) is 4.90 Å². The molecule has 1 amide bonds.